The van der Waals surface area contributed by atoms with Crippen molar-refractivity contribution in [1.29, 1.82) is 0 Å². The predicted molar refractivity (Wildman–Crippen MR) is 444 cm³/mol. The molecular formula is C84H94BBrF2N4O12S2Si2. The van der Waals surface area contributed by atoms with E-state index in [0.717, 1.165) is 73.9 Å². The number of furan rings is 2. The Kier molecular flexibility index (Phi) is 24.0. The first kappa shape index (κ1) is 80.5. The maximum Gasteiger partial charge on any atom is 0.494 e. The van der Waals surface area contributed by atoms with Gasteiger partial charge in [-0.15, -0.1) is 0 Å². The smallest absolute Gasteiger partial charge is 0.455 e. The quantitative estimate of drug-likeness (QED) is 0.0318. The summed E-state index contributed by atoms with van der Waals surface area (Å²) in [7, 11) is -6.97. The van der Waals surface area contributed by atoms with E-state index in [1.165, 1.54) is 71.7 Å². The van der Waals surface area contributed by atoms with Crippen molar-refractivity contribution in [2.45, 2.75) is 130 Å². The minimum absolute atomic E-state index is 0.121. The van der Waals surface area contributed by atoms with Crippen molar-refractivity contribution in [2.75, 3.05) is 48.4 Å². The fourth-order valence-corrected chi connectivity index (χ4v) is 16.0. The Morgan fingerprint density at radius 1 is 0.509 bits per heavy atom. The zero-order valence-electron chi connectivity index (χ0n) is 64.2. The van der Waals surface area contributed by atoms with E-state index in [0.29, 0.717) is 97.2 Å². The molecule has 16 nitrogen and oxygen atoms in total. The molecule has 24 heteroatoms. The number of para-hydroxylation sites is 2. The van der Waals surface area contributed by atoms with Crippen molar-refractivity contribution in [1.82, 2.24) is 9.13 Å². The Morgan fingerprint density at radius 2 is 0.917 bits per heavy atom. The Labute approximate surface area is 643 Å². The highest BCUT2D eigenvalue weighted by Gasteiger charge is 2.52. The summed E-state index contributed by atoms with van der Waals surface area (Å²) in [6.07, 6.45) is 2.74. The number of fused-ring (bicyclic) bond motifs is 4. The van der Waals surface area contributed by atoms with Gasteiger partial charge in [0, 0.05) is 111 Å². The Bertz CT molecular complexity index is 5550. The van der Waals surface area contributed by atoms with Gasteiger partial charge in [0.1, 0.15) is 47.8 Å². The number of benzene rings is 8. The van der Waals surface area contributed by atoms with Gasteiger partial charge >= 0.3 is 7.12 Å². The lowest BCUT2D eigenvalue weighted by molar-refractivity contribution is 0.00578. The fourth-order valence-electron chi connectivity index (χ4n) is 12.8. The predicted octanol–water partition coefficient (Wildman–Crippen LogP) is 20.7. The molecule has 1 aliphatic rings. The van der Waals surface area contributed by atoms with Crippen LogP contribution in [0.3, 0.4) is 0 Å². The third-order valence-electron chi connectivity index (χ3n) is 19.9. The number of ether oxygens (including phenoxy) is 2. The molecule has 0 N–H and O–H groups in total. The maximum absolute atomic E-state index is 13.8. The molecule has 0 saturated carbocycles. The Balaban J connectivity index is 0.000000170. The molecule has 5 heterocycles. The summed E-state index contributed by atoms with van der Waals surface area (Å²) in [5.74, 6) is -0.398. The maximum atomic E-state index is 13.8. The molecule has 0 unspecified atom stereocenters. The van der Waals surface area contributed by atoms with Crippen LogP contribution in [0.1, 0.15) is 75.1 Å². The lowest BCUT2D eigenvalue weighted by Gasteiger charge is -2.32. The van der Waals surface area contributed by atoms with Crippen molar-refractivity contribution in [2.24, 2.45) is 0 Å². The van der Waals surface area contributed by atoms with Gasteiger partial charge < -0.3 is 36.8 Å². The third-order valence-corrected chi connectivity index (χ3v) is 26.3. The van der Waals surface area contributed by atoms with E-state index in [1.54, 1.807) is 44.2 Å². The van der Waals surface area contributed by atoms with Crippen LogP contribution in [0.2, 0.25) is 51.4 Å². The molecule has 0 atom stereocenters. The van der Waals surface area contributed by atoms with Gasteiger partial charge in [-0.1, -0.05) is 132 Å². The molecule has 0 aliphatic carbocycles. The molecule has 108 heavy (non-hydrogen) atoms. The number of nitrogens with zero attached hydrogens (tertiary/aromatic N) is 4. The van der Waals surface area contributed by atoms with Crippen molar-refractivity contribution in [3.8, 4) is 56.3 Å². The van der Waals surface area contributed by atoms with E-state index < -0.39 is 47.8 Å². The molecule has 0 amide bonds. The van der Waals surface area contributed by atoms with Gasteiger partial charge in [0.25, 0.3) is 0 Å². The van der Waals surface area contributed by atoms with Crippen LogP contribution in [0, 0.1) is 11.6 Å². The Hall–Kier alpha value is -8.56. The number of rotatable bonds is 24. The van der Waals surface area contributed by atoms with Gasteiger partial charge in [0.15, 0.2) is 11.6 Å². The number of anilines is 2. The molecule has 4 aromatic heterocycles. The summed E-state index contributed by atoms with van der Waals surface area (Å²) >= 11 is 3.38. The molecule has 0 radical (unpaired) electrons. The van der Waals surface area contributed by atoms with Crippen molar-refractivity contribution in [3.05, 3.63) is 209 Å². The van der Waals surface area contributed by atoms with Crippen LogP contribution >= 0.6 is 15.9 Å². The summed E-state index contributed by atoms with van der Waals surface area (Å²) in [4.78, 5) is 26.0. The number of aromatic nitrogens is 2. The van der Waals surface area contributed by atoms with Crippen LogP contribution in [-0.2, 0) is 52.3 Å². The van der Waals surface area contributed by atoms with Crippen LogP contribution in [0.5, 0.6) is 0 Å². The van der Waals surface area contributed by atoms with Crippen molar-refractivity contribution < 1.29 is 62.8 Å². The summed E-state index contributed by atoms with van der Waals surface area (Å²) < 4.78 is 121. The zero-order chi connectivity index (χ0) is 78.2. The lowest BCUT2D eigenvalue weighted by atomic mass is 9.78. The second-order valence-corrected chi connectivity index (χ2v) is 47.0. The van der Waals surface area contributed by atoms with Gasteiger partial charge in [-0.2, -0.15) is 0 Å². The highest BCUT2D eigenvalue weighted by atomic mass is 79.9. The molecular weight excluding hydrogens is 1510 g/mol. The standard InChI is InChI=1S/C39H41FN2O5SSi.C26H36BNO3Si.C19H17BrFNO4S/c1-7-36(43)38-32-23-31(35(41(2)48(3,44)45)24-37(32)47-39(38)26-15-17-30(40)18-16-26)27-12-10-13-28(21-27)34-22-29-11-8-9-14-33(29)42(34)25-46-19-20-49(4,5)6;1-25(2)26(3,4)31-27(30-25)22-13-10-12-20(17-22)24-18-21-11-8-9-14-23(21)28(24)19-29-15-16-32(5,6)7;1-4-16(23)18-13-9-14(20)15(22(2)27(3,24)25)10-17(13)26-19(18)11-5-7-12(21)8-6-11/h8-18,21-24H,7,19-20,25H2,1-6H3;8-14,17-18H,15-16,19H2,1-7H3;5-10H,4H2,1-3H3. The number of Topliss-reactive ketones (excluding diaryl/α,β-unsaturated/α-hetero) is 2. The molecule has 1 aliphatic heterocycles. The number of hydrogen-bond donors (Lipinski definition) is 0. The molecule has 0 spiro atoms. The van der Waals surface area contributed by atoms with Crippen LogP contribution in [0.25, 0.3) is 100 Å². The van der Waals surface area contributed by atoms with E-state index in [9.17, 15) is 35.2 Å². The second-order valence-electron chi connectivity index (χ2n) is 30.8. The SMILES string of the molecule is CC1(C)OB(c2cccc(-c3cc4ccccc4n3COCC[Si](C)(C)C)c2)OC1(C)C.CCC(=O)c1c(-c2ccc(F)cc2)oc2cc(N(C)S(C)(=O)=O)c(-c3cccc(-c4cc5ccccc5n4COCC[Si](C)(C)C)c3)cc12.CCC(=O)c1c(-c2ccc(F)cc2)oc2cc(N(C)S(C)(=O)=O)c(Br)cc12. The Morgan fingerprint density at radius 3 is 1.36 bits per heavy atom. The van der Waals surface area contributed by atoms with Crippen LogP contribution in [-0.4, -0.2) is 112 Å². The number of carbonyl (C=O) groups is 2. The number of hydrogen-bond acceptors (Lipinski definition) is 12. The van der Waals surface area contributed by atoms with Crippen molar-refractivity contribution in [3.63, 3.8) is 0 Å². The second kappa shape index (κ2) is 32.2. The average molecular weight is 1600 g/mol. The first-order valence-corrected chi connectivity index (χ1v) is 48.0. The molecule has 12 aromatic rings. The summed E-state index contributed by atoms with van der Waals surface area (Å²) in [6, 6.07) is 58.0. The van der Waals surface area contributed by atoms with Gasteiger partial charge in [0.2, 0.25) is 20.0 Å². The molecule has 13 rings (SSSR count). The number of halogens is 3. The molecule has 566 valence electrons. The average Bonchev–Trinajstić information content (AvgIpc) is 1.56. The van der Waals surface area contributed by atoms with E-state index in [4.69, 9.17) is 27.6 Å². The highest BCUT2D eigenvalue weighted by molar-refractivity contribution is 9.10. The normalized spacial score (nSPS) is 13.8. The summed E-state index contributed by atoms with van der Waals surface area (Å²) in [5, 5.41) is 3.43. The first-order valence-electron chi connectivity index (χ1n) is 36.1. The molecule has 8 aromatic carbocycles. The largest absolute Gasteiger partial charge is 0.494 e. The van der Waals surface area contributed by atoms with E-state index in [1.807, 2.05) is 42.5 Å². The van der Waals surface area contributed by atoms with E-state index >= 15 is 0 Å². The van der Waals surface area contributed by atoms with E-state index in [2.05, 4.69) is 165 Å². The highest BCUT2D eigenvalue weighted by Crippen LogP contribution is 2.45. The van der Waals surface area contributed by atoms with Gasteiger partial charge in [-0.05, 0) is 169 Å². The van der Waals surface area contributed by atoms with E-state index in [-0.39, 0.29) is 42.7 Å². The van der Waals surface area contributed by atoms with Crippen LogP contribution in [0.4, 0.5) is 20.2 Å². The molecule has 1 saturated heterocycles. The number of carbonyl (C=O) groups excluding carboxylic acids is 2. The first-order chi connectivity index (χ1) is 50.8. The molecule has 1 fully saturated rings. The van der Waals surface area contributed by atoms with Gasteiger partial charge in [-0.25, -0.2) is 25.6 Å². The summed E-state index contributed by atoms with van der Waals surface area (Å²) in [6.45, 7) is 28.5. The topological polar surface area (TPSA) is 182 Å². The van der Waals surface area contributed by atoms with Crippen molar-refractivity contribution >= 4 is 131 Å². The number of ketones is 2. The zero-order valence-corrected chi connectivity index (χ0v) is 69.4. The van der Waals surface area contributed by atoms with Crippen LogP contribution in [0.15, 0.2) is 195 Å². The monoisotopic (exact) mass is 1600 g/mol. The van der Waals surface area contributed by atoms with Gasteiger partial charge in [-0.3, -0.25) is 18.2 Å². The lowest BCUT2D eigenvalue weighted by Crippen LogP contribution is -2.41. The minimum atomic E-state index is -3.68. The third kappa shape index (κ3) is 18.0. The summed E-state index contributed by atoms with van der Waals surface area (Å²) in [5.41, 5.74) is 11.6. The fraction of sp³-hybridized carbons (Fsp3) is 0.310. The van der Waals surface area contributed by atoms with Crippen LogP contribution < -0.4 is 14.1 Å². The van der Waals surface area contributed by atoms with Gasteiger partial charge in [0.05, 0.1) is 68.6 Å². The molecule has 0 bridgehead atoms. The number of sulfonamides is 2. The minimum Gasteiger partial charge on any atom is -0.455 e.